The molecule has 21 heavy (non-hydrogen) atoms. The van der Waals surface area contributed by atoms with Crippen molar-refractivity contribution in [1.29, 1.82) is 0 Å². The Balaban J connectivity index is 1.79. The minimum atomic E-state index is -0.331. The Hall–Kier alpha value is -1.42. The average molecular weight is 291 g/mol. The van der Waals surface area contributed by atoms with Gasteiger partial charge in [-0.05, 0) is 38.7 Å². The molecule has 1 aliphatic rings. The molecule has 1 aliphatic carbocycles. The molecule has 0 aliphatic heterocycles. The summed E-state index contributed by atoms with van der Waals surface area (Å²) in [4.78, 5) is 22.9. The number of aromatic nitrogens is 1. The van der Waals surface area contributed by atoms with Crippen LogP contribution >= 0.6 is 0 Å². The Morgan fingerprint density at radius 1 is 1.24 bits per heavy atom. The van der Waals surface area contributed by atoms with Gasteiger partial charge in [-0.15, -0.1) is 0 Å². The Kier molecular flexibility index (Phi) is 5.74. The van der Waals surface area contributed by atoms with Crippen LogP contribution in [0.3, 0.4) is 0 Å². The molecule has 2 rings (SSSR count). The standard InChI is InChI=1S/C17H25NO3/c1-13-11-15-16(8-6-9-17(15)21)18(13)10-5-3-2-4-7-14(20)12-19/h11,19H,2-10,12H2,1H3. The molecular formula is C17H25NO3. The van der Waals surface area contributed by atoms with Crippen molar-refractivity contribution in [2.45, 2.75) is 64.8 Å². The normalized spacial score (nSPS) is 14.3. The van der Waals surface area contributed by atoms with Gasteiger partial charge in [0.15, 0.2) is 11.6 Å². The molecule has 0 fully saturated rings. The summed E-state index contributed by atoms with van der Waals surface area (Å²) >= 11 is 0. The largest absolute Gasteiger partial charge is 0.389 e. The van der Waals surface area contributed by atoms with E-state index in [-0.39, 0.29) is 12.4 Å². The molecule has 1 aromatic rings. The third-order valence-corrected chi connectivity index (χ3v) is 4.30. The van der Waals surface area contributed by atoms with E-state index in [1.807, 2.05) is 6.07 Å². The lowest BCUT2D eigenvalue weighted by Gasteiger charge is -2.16. The van der Waals surface area contributed by atoms with Gasteiger partial charge in [-0.3, -0.25) is 9.59 Å². The molecule has 0 radical (unpaired) electrons. The van der Waals surface area contributed by atoms with Crippen LogP contribution in [0.4, 0.5) is 0 Å². The van der Waals surface area contributed by atoms with Crippen LogP contribution in [0.25, 0.3) is 0 Å². The number of nitrogens with zero attached hydrogens (tertiary/aromatic N) is 1. The summed E-state index contributed by atoms with van der Waals surface area (Å²) in [6.45, 7) is 2.70. The molecule has 0 saturated carbocycles. The second-order valence-electron chi connectivity index (χ2n) is 5.94. The minimum absolute atomic E-state index is 0.0659. The second-order valence-corrected chi connectivity index (χ2v) is 5.94. The first kappa shape index (κ1) is 16.0. The molecule has 0 spiro atoms. The van der Waals surface area contributed by atoms with Gasteiger partial charge in [0.1, 0.15) is 6.61 Å². The average Bonchev–Trinajstić information content (AvgIpc) is 2.80. The quantitative estimate of drug-likeness (QED) is 0.749. The first-order valence-electron chi connectivity index (χ1n) is 7.98. The van der Waals surface area contributed by atoms with Crippen LogP contribution in [0.1, 0.15) is 66.7 Å². The summed E-state index contributed by atoms with van der Waals surface area (Å²) in [5.41, 5.74) is 3.34. The highest BCUT2D eigenvalue weighted by molar-refractivity contribution is 5.98. The van der Waals surface area contributed by atoms with Crippen molar-refractivity contribution in [2.75, 3.05) is 6.61 Å². The highest BCUT2D eigenvalue weighted by atomic mass is 16.3. The van der Waals surface area contributed by atoms with Gasteiger partial charge in [-0.25, -0.2) is 0 Å². The van der Waals surface area contributed by atoms with Crippen LogP contribution in [0.15, 0.2) is 6.07 Å². The van der Waals surface area contributed by atoms with E-state index in [2.05, 4.69) is 11.5 Å². The maximum absolute atomic E-state index is 11.9. The third kappa shape index (κ3) is 4.03. The van der Waals surface area contributed by atoms with Gasteiger partial charge in [0.05, 0.1) is 0 Å². The van der Waals surface area contributed by atoms with Crippen molar-refractivity contribution >= 4 is 11.6 Å². The van der Waals surface area contributed by atoms with Crippen molar-refractivity contribution in [1.82, 2.24) is 4.57 Å². The molecular weight excluding hydrogens is 266 g/mol. The Labute approximate surface area is 126 Å². The van der Waals surface area contributed by atoms with E-state index in [1.165, 1.54) is 11.4 Å². The minimum Gasteiger partial charge on any atom is -0.389 e. The number of unbranched alkanes of at least 4 members (excludes halogenated alkanes) is 3. The fourth-order valence-electron chi connectivity index (χ4n) is 3.13. The van der Waals surface area contributed by atoms with Gasteiger partial charge in [0.25, 0.3) is 0 Å². The molecule has 0 aromatic carbocycles. The monoisotopic (exact) mass is 291 g/mol. The molecule has 4 heteroatoms. The number of carbonyl (C=O) groups is 2. The van der Waals surface area contributed by atoms with Gasteiger partial charge < -0.3 is 9.67 Å². The molecule has 116 valence electrons. The van der Waals surface area contributed by atoms with Crippen molar-refractivity contribution in [3.8, 4) is 0 Å². The lowest BCUT2D eigenvalue weighted by atomic mass is 9.96. The van der Waals surface area contributed by atoms with E-state index in [1.54, 1.807) is 0 Å². The highest BCUT2D eigenvalue weighted by Crippen LogP contribution is 2.25. The fourth-order valence-corrected chi connectivity index (χ4v) is 3.13. The van der Waals surface area contributed by atoms with Gasteiger partial charge in [0, 0.05) is 36.3 Å². The number of aliphatic hydroxyl groups excluding tert-OH is 1. The van der Waals surface area contributed by atoms with Crippen molar-refractivity contribution in [3.63, 3.8) is 0 Å². The first-order chi connectivity index (χ1) is 10.1. The number of fused-ring (bicyclic) bond motifs is 1. The number of hydrogen-bond donors (Lipinski definition) is 1. The van der Waals surface area contributed by atoms with E-state index >= 15 is 0 Å². The summed E-state index contributed by atoms with van der Waals surface area (Å²) in [5, 5.41) is 8.65. The molecule has 0 bridgehead atoms. The van der Waals surface area contributed by atoms with E-state index in [0.29, 0.717) is 18.6 Å². The number of aryl methyl sites for hydroxylation is 1. The highest BCUT2D eigenvalue weighted by Gasteiger charge is 2.22. The summed E-state index contributed by atoms with van der Waals surface area (Å²) in [7, 11) is 0. The Morgan fingerprint density at radius 3 is 2.76 bits per heavy atom. The number of Topliss-reactive ketones (excluding diaryl/α,β-unsaturated/α-hetero) is 2. The predicted octanol–water partition coefficient (Wildman–Crippen LogP) is 2.83. The molecule has 1 heterocycles. The summed E-state index contributed by atoms with van der Waals surface area (Å²) in [5.74, 6) is 0.226. The van der Waals surface area contributed by atoms with Crippen LogP contribution in [0.5, 0.6) is 0 Å². The topological polar surface area (TPSA) is 59.3 Å². The van der Waals surface area contributed by atoms with Crippen LogP contribution in [0, 0.1) is 6.92 Å². The van der Waals surface area contributed by atoms with Gasteiger partial charge in [-0.2, -0.15) is 0 Å². The van der Waals surface area contributed by atoms with Crippen LogP contribution in [0.2, 0.25) is 0 Å². The first-order valence-corrected chi connectivity index (χ1v) is 7.98. The smallest absolute Gasteiger partial charge is 0.164 e. The van der Waals surface area contributed by atoms with Crippen LogP contribution < -0.4 is 0 Å². The zero-order chi connectivity index (χ0) is 15.2. The lowest BCUT2D eigenvalue weighted by Crippen LogP contribution is -2.13. The van der Waals surface area contributed by atoms with Crippen LogP contribution in [-0.2, 0) is 17.8 Å². The molecule has 1 N–H and O–H groups in total. The number of ketones is 2. The van der Waals surface area contributed by atoms with Crippen molar-refractivity contribution in [3.05, 3.63) is 23.0 Å². The molecule has 1 aromatic heterocycles. The van der Waals surface area contributed by atoms with E-state index in [4.69, 9.17) is 5.11 Å². The van der Waals surface area contributed by atoms with Crippen molar-refractivity contribution in [2.24, 2.45) is 0 Å². The summed E-state index contributed by atoms with van der Waals surface area (Å²) in [6.07, 6.45) is 7.20. The number of hydrogen-bond acceptors (Lipinski definition) is 3. The fraction of sp³-hybridized carbons (Fsp3) is 0.647. The SMILES string of the molecule is Cc1cc2c(n1CCCCCCC(=O)CO)CCCC2=O. The zero-order valence-electron chi connectivity index (χ0n) is 12.9. The predicted molar refractivity (Wildman–Crippen MR) is 81.6 cm³/mol. The summed E-state index contributed by atoms with van der Waals surface area (Å²) in [6, 6.07) is 2.04. The number of aliphatic hydroxyl groups is 1. The third-order valence-electron chi connectivity index (χ3n) is 4.30. The number of carbonyl (C=O) groups excluding carboxylic acids is 2. The molecule has 0 amide bonds. The maximum atomic E-state index is 11.9. The van der Waals surface area contributed by atoms with Gasteiger partial charge >= 0.3 is 0 Å². The van der Waals surface area contributed by atoms with Crippen molar-refractivity contribution < 1.29 is 14.7 Å². The molecule has 0 atom stereocenters. The van der Waals surface area contributed by atoms with E-state index in [9.17, 15) is 9.59 Å². The van der Waals surface area contributed by atoms with Gasteiger partial charge in [0.2, 0.25) is 0 Å². The molecule has 4 nitrogen and oxygen atoms in total. The van der Waals surface area contributed by atoms with Gasteiger partial charge in [-0.1, -0.05) is 12.8 Å². The lowest BCUT2D eigenvalue weighted by molar-refractivity contribution is -0.121. The number of rotatable bonds is 8. The second kappa shape index (κ2) is 7.55. The Bertz CT molecular complexity index is 516. The maximum Gasteiger partial charge on any atom is 0.164 e. The Morgan fingerprint density at radius 2 is 2.00 bits per heavy atom. The van der Waals surface area contributed by atoms with Crippen LogP contribution in [-0.4, -0.2) is 27.8 Å². The zero-order valence-corrected chi connectivity index (χ0v) is 12.9. The molecule has 0 saturated heterocycles. The van der Waals surface area contributed by atoms with E-state index in [0.717, 1.165) is 50.6 Å². The molecule has 0 unspecified atom stereocenters. The summed E-state index contributed by atoms with van der Waals surface area (Å²) < 4.78 is 2.30. The van der Waals surface area contributed by atoms with E-state index < -0.39 is 0 Å².